The van der Waals surface area contributed by atoms with Crippen molar-refractivity contribution in [3.63, 3.8) is 0 Å². The van der Waals surface area contributed by atoms with Crippen LogP contribution < -0.4 is 20.9 Å². The van der Waals surface area contributed by atoms with Crippen LogP contribution in [0.5, 0.6) is 5.75 Å². The number of amides is 1. The predicted octanol–water partition coefficient (Wildman–Crippen LogP) is 2.26. The van der Waals surface area contributed by atoms with E-state index in [1.165, 1.54) is 0 Å². The van der Waals surface area contributed by atoms with Crippen molar-refractivity contribution >= 4 is 5.91 Å². The van der Waals surface area contributed by atoms with Gasteiger partial charge < -0.3 is 14.8 Å². The molecule has 2 aromatic carbocycles. The van der Waals surface area contributed by atoms with Crippen molar-refractivity contribution in [3.8, 4) is 5.75 Å². The summed E-state index contributed by atoms with van der Waals surface area (Å²) < 4.78 is 11.4. The van der Waals surface area contributed by atoms with Crippen LogP contribution in [0.4, 0.5) is 0 Å². The first-order valence-electron chi connectivity index (χ1n) is 11.5. The topological polar surface area (TPSA) is 74.9 Å². The number of carbonyl (C=O) groups excluding carboxylic acids is 1. The van der Waals surface area contributed by atoms with Crippen LogP contribution in [0.3, 0.4) is 0 Å². The summed E-state index contributed by atoms with van der Waals surface area (Å²) in [4.78, 5) is 15.2. The van der Waals surface area contributed by atoms with Gasteiger partial charge in [0, 0.05) is 38.9 Å². The quantitative estimate of drug-likeness (QED) is 0.558. The molecule has 2 fully saturated rings. The first-order chi connectivity index (χ1) is 15.7. The van der Waals surface area contributed by atoms with Gasteiger partial charge >= 0.3 is 0 Å². The summed E-state index contributed by atoms with van der Waals surface area (Å²) in [6.07, 6.45) is 2.17. The zero-order valence-corrected chi connectivity index (χ0v) is 18.8. The van der Waals surface area contributed by atoms with E-state index in [9.17, 15) is 4.79 Å². The normalized spacial score (nSPS) is 21.6. The van der Waals surface area contributed by atoms with Crippen LogP contribution in [-0.4, -0.2) is 56.8 Å². The molecule has 2 unspecified atom stereocenters. The van der Waals surface area contributed by atoms with E-state index in [2.05, 4.69) is 28.1 Å². The first kappa shape index (κ1) is 22.7. The molecule has 2 atom stereocenters. The van der Waals surface area contributed by atoms with Crippen LogP contribution in [0.1, 0.15) is 30.0 Å². The predicted molar refractivity (Wildman–Crippen MR) is 124 cm³/mol. The summed E-state index contributed by atoms with van der Waals surface area (Å²) in [5.41, 5.74) is 8.49. The van der Waals surface area contributed by atoms with E-state index in [1.807, 2.05) is 54.6 Å². The van der Waals surface area contributed by atoms with Gasteiger partial charge in [0.05, 0.1) is 12.0 Å². The molecule has 0 aromatic heterocycles. The highest BCUT2D eigenvalue weighted by Crippen LogP contribution is 2.25. The van der Waals surface area contributed by atoms with Gasteiger partial charge in [-0.1, -0.05) is 42.5 Å². The summed E-state index contributed by atoms with van der Waals surface area (Å²) in [5.74, 6) is 0.724. The SMILES string of the molecule is CN(CCOc1cccc(CNC(=O)C2CNNC2c2ccccc2)c1)C1CCOCC1. The molecular formula is C25H34N4O3. The van der Waals surface area contributed by atoms with Crippen molar-refractivity contribution in [2.75, 3.05) is 40.0 Å². The third-order valence-electron chi connectivity index (χ3n) is 6.37. The van der Waals surface area contributed by atoms with E-state index in [-0.39, 0.29) is 17.9 Å². The van der Waals surface area contributed by atoms with Crippen molar-refractivity contribution in [3.05, 3.63) is 65.7 Å². The van der Waals surface area contributed by atoms with Crippen LogP contribution in [-0.2, 0) is 16.1 Å². The number of carbonyl (C=O) groups is 1. The third-order valence-corrected chi connectivity index (χ3v) is 6.37. The molecular weight excluding hydrogens is 404 g/mol. The van der Waals surface area contributed by atoms with Gasteiger partial charge in [-0.2, -0.15) is 0 Å². The van der Waals surface area contributed by atoms with E-state index < -0.39 is 0 Å². The van der Waals surface area contributed by atoms with Crippen LogP contribution in [0.2, 0.25) is 0 Å². The van der Waals surface area contributed by atoms with Gasteiger partial charge in [0.25, 0.3) is 0 Å². The lowest BCUT2D eigenvalue weighted by Crippen LogP contribution is -2.38. The average Bonchev–Trinajstić information content (AvgIpc) is 3.34. The van der Waals surface area contributed by atoms with Crippen molar-refractivity contribution in [2.45, 2.75) is 31.5 Å². The number of hydrogen-bond donors (Lipinski definition) is 3. The lowest BCUT2D eigenvalue weighted by atomic mass is 9.94. The van der Waals surface area contributed by atoms with E-state index in [1.54, 1.807) is 0 Å². The molecule has 7 heteroatoms. The minimum Gasteiger partial charge on any atom is -0.492 e. The molecule has 2 aliphatic rings. The number of rotatable bonds is 9. The van der Waals surface area contributed by atoms with Crippen molar-refractivity contribution in [1.29, 1.82) is 0 Å². The Labute approximate surface area is 190 Å². The zero-order chi connectivity index (χ0) is 22.2. The smallest absolute Gasteiger partial charge is 0.226 e. The fraction of sp³-hybridized carbons (Fsp3) is 0.480. The Kier molecular flexibility index (Phi) is 8.12. The fourth-order valence-electron chi connectivity index (χ4n) is 4.40. The fourth-order valence-corrected chi connectivity index (χ4v) is 4.40. The zero-order valence-electron chi connectivity index (χ0n) is 18.8. The number of nitrogens with zero attached hydrogens (tertiary/aromatic N) is 1. The van der Waals surface area contributed by atoms with Crippen LogP contribution >= 0.6 is 0 Å². The summed E-state index contributed by atoms with van der Waals surface area (Å²) in [5, 5.41) is 3.09. The Balaban J connectivity index is 1.24. The standard InChI is InChI=1S/C25H34N4O3/c1-29(21-10-13-31-14-11-21)12-15-32-22-9-5-6-19(16-22)17-26-25(30)23-18-27-28-24(23)20-7-3-2-4-8-20/h2-9,16,21,23-24,27-28H,10-15,17-18H2,1H3,(H,26,30). The molecule has 3 N–H and O–H groups in total. The van der Waals surface area contributed by atoms with Crippen LogP contribution in [0.15, 0.2) is 54.6 Å². The molecule has 2 aliphatic heterocycles. The maximum atomic E-state index is 12.8. The molecule has 2 heterocycles. The lowest BCUT2D eigenvalue weighted by molar-refractivity contribution is -0.125. The number of benzene rings is 2. The van der Waals surface area contributed by atoms with Crippen LogP contribution in [0, 0.1) is 5.92 Å². The number of hydrogen-bond acceptors (Lipinski definition) is 6. The van der Waals surface area contributed by atoms with Crippen molar-refractivity contribution in [1.82, 2.24) is 21.1 Å². The van der Waals surface area contributed by atoms with E-state index >= 15 is 0 Å². The van der Waals surface area contributed by atoms with Gasteiger partial charge in [-0.15, -0.1) is 0 Å². The molecule has 2 saturated heterocycles. The lowest BCUT2D eigenvalue weighted by Gasteiger charge is -2.31. The molecule has 0 radical (unpaired) electrons. The maximum Gasteiger partial charge on any atom is 0.226 e. The third kappa shape index (κ3) is 6.07. The van der Waals surface area contributed by atoms with Gasteiger partial charge in [-0.25, -0.2) is 5.43 Å². The molecule has 0 aliphatic carbocycles. The second-order valence-corrected chi connectivity index (χ2v) is 8.56. The highest BCUT2D eigenvalue weighted by Gasteiger charge is 2.33. The number of likely N-dealkylation sites (N-methyl/N-ethyl adjacent to an activating group) is 1. The number of ether oxygens (including phenoxy) is 2. The number of nitrogens with one attached hydrogen (secondary N) is 3. The highest BCUT2D eigenvalue weighted by atomic mass is 16.5. The van der Waals surface area contributed by atoms with Crippen LogP contribution in [0.25, 0.3) is 0 Å². The molecule has 2 aromatic rings. The Morgan fingerprint density at radius 2 is 1.97 bits per heavy atom. The Morgan fingerprint density at radius 3 is 2.78 bits per heavy atom. The average molecular weight is 439 g/mol. The summed E-state index contributed by atoms with van der Waals surface area (Å²) >= 11 is 0. The first-order valence-corrected chi connectivity index (χ1v) is 11.5. The number of hydrazine groups is 1. The molecule has 4 rings (SSSR count). The van der Waals surface area contributed by atoms with Crippen molar-refractivity contribution < 1.29 is 14.3 Å². The largest absolute Gasteiger partial charge is 0.492 e. The molecule has 7 nitrogen and oxygen atoms in total. The van der Waals surface area contributed by atoms with Crippen molar-refractivity contribution in [2.24, 2.45) is 5.92 Å². The minimum atomic E-state index is -0.155. The molecule has 32 heavy (non-hydrogen) atoms. The minimum absolute atomic E-state index is 0.0291. The summed E-state index contributed by atoms with van der Waals surface area (Å²) in [6, 6.07) is 18.6. The summed E-state index contributed by atoms with van der Waals surface area (Å²) in [6.45, 7) is 4.31. The Morgan fingerprint density at radius 1 is 1.16 bits per heavy atom. The van der Waals surface area contributed by atoms with Gasteiger partial charge in [0.1, 0.15) is 12.4 Å². The van der Waals surface area contributed by atoms with E-state index in [0.29, 0.717) is 25.7 Å². The second-order valence-electron chi connectivity index (χ2n) is 8.56. The van der Waals surface area contributed by atoms with Gasteiger partial charge in [0.2, 0.25) is 5.91 Å². The van der Waals surface area contributed by atoms with Gasteiger partial charge in [-0.05, 0) is 43.1 Å². The summed E-state index contributed by atoms with van der Waals surface area (Å²) in [7, 11) is 2.15. The molecule has 0 spiro atoms. The second kappa shape index (κ2) is 11.4. The maximum absolute atomic E-state index is 12.8. The molecule has 172 valence electrons. The monoisotopic (exact) mass is 438 g/mol. The van der Waals surface area contributed by atoms with Gasteiger partial charge in [0.15, 0.2) is 0 Å². The molecule has 0 bridgehead atoms. The van der Waals surface area contributed by atoms with E-state index in [4.69, 9.17) is 9.47 Å². The molecule has 1 amide bonds. The highest BCUT2D eigenvalue weighted by molar-refractivity contribution is 5.80. The van der Waals surface area contributed by atoms with Gasteiger partial charge in [-0.3, -0.25) is 15.1 Å². The molecule has 0 saturated carbocycles. The Bertz CT molecular complexity index is 857. The Hall–Kier alpha value is -2.45. The van der Waals surface area contributed by atoms with E-state index in [0.717, 1.165) is 49.5 Å².